The fourth-order valence-corrected chi connectivity index (χ4v) is 6.18. The van der Waals surface area contributed by atoms with Crippen molar-refractivity contribution in [2.45, 2.75) is 50.4 Å². The molecule has 0 spiro atoms. The van der Waals surface area contributed by atoms with E-state index in [0.717, 1.165) is 5.04 Å². The summed E-state index contributed by atoms with van der Waals surface area (Å²) >= 11 is 0. The van der Waals surface area contributed by atoms with E-state index in [1.807, 2.05) is 0 Å². The topological polar surface area (TPSA) is 0 Å². The monoisotopic (exact) mass is 154 g/mol. The van der Waals surface area contributed by atoms with E-state index in [2.05, 4.69) is 19.6 Å². The predicted molar refractivity (Wildman–Crippen MR) is 48.0 cm³/mol. The van der Waals surface area contributed by atoms with Gasteiger partial charge in [-0.1, -0.05) is 32.5 Å². The summed E-state index contributed by atoms with van der Waals surface area (Å²) in [6.07, 6.45) is 6.27. The molecule has 58 valence electrons. The summed E-state index contributed by atoms with van der Waals surface area (Å²) in [7, 11) is -0.774. The van der Waals surface area contributed by atoms with Crippen molar-refractivity contribution in [3.05, 3.63) is 0 Å². The van der Waals surface area contributed by atoms with E-state index in [1.165, 1.54) is 12.3 Å². The second kappa shape index (κ2) is 1.69. The average Bonchev–Trinajstić information content (AvgIpc) is 2.36. The number of rotatable bonds is 1. The second-order valence-corrected chi connectivity index (χ2v) is 10.7. The molecule has 2 atom stereocenters. The van der Waals surface area contributed by atoms with Gasteiger partial charge in [0.25, 0.3) is 0 Å². The molecular formula is C9H18Si. The molecule has 0 aromatic carbocycles. The Morgan fingerprint density at radius 1 is 1.30 bits per heavy atom. The summed E-state index contributed by atoms with van der Waals surface area (Å²) in [4.78, 5) is 0. The summed E-state index contributed by atoms with van der Waals surface area (Å²) in [5, 5.41) is 0.938. The van der Waals surface area contributed by atoms with Crippen LogP contribution in [-0.2, 0) is 0 Å². The van der Waals surface area contributed by atoms with Crippen LogP contribution in [0.1, 0.15) is 25.7 Å². The van der Waals surface area contributed by atoms with Gasteiger partial charge in [-0.3, -0.25) is 0 Å². The molecular weight excluding hydrogens is 136 g/mol. The van der Waals surface area contributed by atoms with Crippen LogP contribution in [0, 0.1) is 5.92 Å². The highest BCUT2D eigenvalue weighted by Gasteiger charge is 2.63. The molecule has 2 fully saturated rings. The van der Waals surface area contributed by atoms with Crippen molar-refractivity contribution in [2.75, 3.05) is 0 Å². The van der Waals surface area contributed by atoms with Crippen LogP contribution >= 0.6 is 0 Å². The standard InChI is InChI=1S/C9H18Si/c1-10(2,3)9-6-4-5-8(9)7-9/h8H,4-7H2,1-3H3. The molecule has 0 N–H and O–H groups in total. The van der Waals surface area contributed by atoms with Gasteiger partial charge in [-0.2, -0.15) is 0 Å². The van der Waals surface area contributed by atoms with Gasteiger partial charge in [0.1, 0.15) is 0 Å². The molecule has 2 aliphatic carbocycles. The molecule has 10 heavy (non-hydrogen) atoms. The largest absolute Gasteiger partial charge is 0.0691 e. The van der Waals surface area contributed by atoms with Crippen molar-refractivity contribution in [1.29, 1.82) is 0 Å². The van der Waals surface area contributed by atoms with Gasteiger partial charge in [-0.25, -0.2) is 0 Å². The van der Waals surface area contributed by atoms with Gasteiger partial charge in [0, 0.05) is 0 Å². The number of fused-ring (bicyclic) bond motifs is 1. The van der Waals surface area contributed by atoms with Gasteiger partial charge in [-0.15, -0.1) is 0 Å². The molecule has 0 heterocycles. The molecule has 2 unspecified atom stereocenters. The molecule has 0 bridgehead atoms. The average molecular weight is 154 g/mol. The van der Waals surface area contributed by atoms with Crippen molar-refractivity contribution in [3.63, 3.8) is 0 Å². The van der Waals surface area contributed by atoms with E-state index in [-0.39, 0.29) is 0 Å². The van der Waals surface area contributed by atoms with Gasteiger partial charge in [-0.05, 0) is 23.8 Å². The van der Waals surface area contributed by atoms with E-state index in [4.69, 9.17) is 0 Å². The van der Waals surface area contributed by atoms with Crippen LogP contribution in [0.3, 0.4) is 0 Å². The Kier molecular flexibility index (Phi) is 1.16. The first-order chi connectivity index (χ1) is 4.56. The lowest BCUT2D eigenvalue weighted by Gasteiger charge is -2.27. The first-order valence-electron chi connectivity index (χ1n) is 4.56. The van der Waals surface area contributed by atoms with E-state index >= 15 is 0 Å². The molecule has 0 aromatic heterocycles. The fourth-order valence-electron chi connectivity index (χ4n) is 3.02. The molecule has 2 saturated carbocycles. The zero-order valence-corrected chi connectivity index (χ0v) is 8.41. The summed E-state index contributed by atoms with van der Waals surface area (Å²) in [5.41, 5.74) is 0. The van der Waals surface area contributed by atoms with E-state index < -0.39 is 8.07 Å². The van der Waals surface area contributed by atoms with E-state index in [0.29, 0.717) is 0 Å². The molecule has 1 heteroatoms. The van der Waals surface area contributed by atoms with Crippen molar-refractivity contribution in [1.82, 2.24) is 0 Å². The second-order valence-electron chi connectivity index (χ2n) is 5.20. The molecule has 0 aliphatic heterocycles. The van der Waals surface area contributed by atoms with Crippen LogP contribution in [0.4, 0.5) is 0 Å². The smallest absolute Gasteiger partial charge is 0.0509 e. The molecule has 2 aliphatic rings. The summed E-state index contributed by atoms with van der Waals surface area (Å²) in [6, 6.07) is 0. The Balaban J connectivity index is 2.18. The van der Waals surface area contributed by atoms with Gasteiger partial charge < -0.3 is 0 Å². The highest BCUT2D eigenvalue weighted by molar-refractivity contribution is 6.80. The third-order valence-electron chi connectivity index (χ3n) is 3.90. The van der Waals surface area contributed by atoms with E-state index in [9.17, 15) is 0 Å². The first kappa shape index (κ1) is 6.90. The zero-order chi connectivity index (χ0) is 7.41. The van der Waals surface area contributed by atoms with Crippen LogP contribution in [0.25, 0.3) is 0 Å². The van der Waals surface area contributed by atoms with Gasteiger partial charge in [0.05, 0.1) is 8.07 Å². The fraction of sp³-hybridized carbons (Fsp3) is 1.00. The van der Waals surface area contributed by atoms with Crippen molar-refractivity contribution >= 4 is 8.07 Å². The van der Waals surface area contributed by atoms with Gasteiger partial charge in [0.15, 0.2) is 0 Å². The first-order valence-corrected chi connectivity index (χ1v) is 8.06. The molecule has 0 saturated heterocycles. The molecule has 0 aromatic rings. The number of hydrogen-bond donors (Lipinski definition) is 0. The predicted octanol–water partition coefficient (Wildman–Crippen LogP) is 3.27. The zero-order valence-electron chi connectivity index (χ0n) is 7.41. The SMILES string of the molecule is C[Si](C)(C)C12CCCC1C2. The Hall–Kier alpha value is 0.217. The Bertz CT molecular complexity index is 157. The van der Waals surface area contributed by atoms with Gasteiger partial charge in [0.2, 0.25) is 0 Å². The van der Waals surface area contributed by atoms with Gasteiger partial charge >= 0.3 is 0 Å². The maximum absolute atomic E-state index is 2.55. The molecule has 0 amide bonds. The quantitative estimate of drug-likeness (QED) is 0.509. The third-order valence-corrected chi connectivity index (χ3v) is 7.75. The lowest BCUT2D eigenvalue weighted by Crippen LogP contribution is -2.29. The highest BCUT2D eigenvalue weighted by atomic mass is 28.3. The Morgan fingerprint density at radius 2 is 2.00 bits per heavy atom. The molecule has 2 rings (SSSR count). The lowest BCUT2D eigenvalue weighted by molar-refractivity contribution is 0.733. The molecule has 0 nitrogen and oxygen atoms in total. The van der Waals surface area contributed by atoms with Crippen molar-refractivity contribution in [2.24, 2.45) is 5.92 Å². The van der Waals surface area contributed by atoms with Crippen LogP contribution in [-0.4, -0.2) is 8.07 Å². The van der Waals surface area contributed by atoms with Crippen LogP contribution < -0.4 is 0 Å². The van der Waals surface area contributed by atoms with Crippen LogP contribution in [0.2, 0.25) is 24.7 Å². The minimum Gasteiger partial charge on any atom is -0.0691 e. The lowest BCUT2D eigenvalue weighted by atomic mass is 10.2. The highest BCUT2D eigenvalue weighted by Crippen LogP contribution is 2.74. The minimum atomic E-state index is -0.774. The van der Waals surface area contributed by atoms with Crippen molar-refractivity contribution in [3.8, 4) is 0 Å². The maximum Gasteiger partial charge on any atom is 0.0509 e. The maximum atomic E-state index is 2.55. The Labute approximate surface area is 65.0 Å². The van der Waals surface area contributed by atoms with Crippen molar-refractivity contribution < 1.29 is 0 Å². The summed E-state index contributed by atoms with van der Waals surface area (Å²) in [5.74, 6) is 1.18. The van der Waals surface area contributed by atoms with Crippen LogP contribution in [0.15, 0.2) is 0 Å². The Morgan fingerprint density at radius 3 is 2.20 bits per heavy atom. The van der Waals surface area contributed by atoms with E-state index in [1.54, 1.807) is 19.3 Å². The normalized spacial score (nSPS) is 45.3. The third kappa shape index (κ3) is 0.673. The summed E-state index contributed by atoms with van der Waals surface area (Å²) < 4.78 is 0. The minimum absolute atomic E-state index is 0.774. The molecule has 0 radical (unpaired) electrons. The van der Waals surface area contributed by atoms with Crippen LogP contribution in [0.5, 0.6) is 0 Å². The summed E-state index contributed by atoms with van der Waals surface area (Å²) in [6.45, 7) is 7.66. The number of hydrogen-bond acceptors (Lipinski definition) is 0.